The molecule has 0 bridgehead atoms. The van der Waals surface area contributed by atoms with Crippen LogP contribution >= 0.6 is 0 Å². The van der Waals surface area contributed by atoms with Crippen molar-refractivity contribution in [3.05, 3.63) is 0 Å². The molecule has 0 heterocycles. The van der Waals surface area contributed by atoms with Gasteiger partial charge in [-0.1, -0.05) is 6.42 Å². The van der Waals surface area contributed by atoms with Crippen LogP contribution in [0.15, 0.2) is 0 Å². The highest BCUT2D eigenvalue weighted by Gasteiger charge is 2.47. The van der Waals surface area contributed by atoms with Crippen molar-refractivity contribution in [2.45, 2.75) is 56.1 Å². The predicted molar refractivity (Wildman–Crippen MR) is 76.1 cm³/mol. The van der Waals surface area contributed by atoms with E-state index in [1.54, 1.807) is 0 Å². The zero-order chi connectivity index (χ0) is 17.3. The van der Waals surface area contributed by atoms with Gasteiger partial charge < -0.3 is 36.6 Å². The van der Waals surface area contributed by atoms with Gasteiger partial charge in [-0.25, -0.2) is 0 Å². The van der Waals surface area contributed by atoms with Crippen molar-refractivity contribution in [2.24, 2.45) is 11.5 Å². The lowest BCUT2D eigenvalue weighted by Gasteiger charge is -2.33. The lowest BCUT2D eigenvalue weighted by Crippen LogP contribution is -2.57. The molecule has 128 valence electrons. The number of nitriles is 1. The monoisotopic (exact) mass is 319 g/mol. The predicted octanol–water partition coefficient (Wildman–Crippen LogP) is -2.66. The fraction of sp³-hybridized carbons (Fsp3) is 0.846. The summed E-state index contributed by atoms with van der Waals surface area (Å²) < 4.78 is 4.89. The third kappa shape index (κ3) is 5.49. The summed E-state index contributed by atoms with van der Waals surface area (Å²) in [5.41, 5.74) is 8.37. The number of rotatable bonds is 10. The van der Waals surface area contributed by atoms with Gasteiger partial charge in [-0.3, -0.25) is 4.79 Å². The van der Waals surface area contributed by atoms with E-state index in [1.165, 1.54) is 13.0 Å². The van der Waals surface area contributed by atoms with E-state index in [0.29, 0.717) is 25.8 Å². The van der Waals surface area contributed by atoms with E-state index in [9.17, 15) is 20.1 Å². The van der Waals surface area contributed by atoms with Gasteiger partial charge in [0.1, 0.15) is 30.4 Å². The Hall–Kier alpha value is -1.28. The Bertz CT molecular complexity index is 388. The first-order valence-corrected chi connectivity index (χ1v) is 7.01. The first-order chi connectivity index (χ1) is 10.2. The molecule has 9 nitrogen and oxygen atoms in total. The number of unbranched alkanes of at least 4 members (excludes halogenated alkanes) is 1. The van der Waals surface area contributed by atoms with Crippen molar-refractivity contribution in [1.82, 2.24) is 0 Å². The molecule has 0 unspecified atom stereocenters. The second-order valence-electron chi connectivity index (χ2n) is 5.10. The second kappa shape index (κ2) is 9.68. The molecule has 0 aromatic carbocycles. The smallest absolute Gasteiger partial charge is 0.323 e. The Kier molecular flexibility index (Phi) is 9.12. The van der Waals surface area contributed by atoms with Crippen molar-refractivity contribution in [3.63, 3.8) is 0 Å². The highest BCUT2D eigenvalue weighted by atomic mass is 16.6. The van der Waals surface area contributed by atoms with Crippen LogP contribution in [0.5, 0.6) is 0 Å². The standard InChI is InChI=1S/C13H25N3O6/c1-8(13(21,7-15)11(19)10(18)6-17)22-12(20)9(16)4-2-3-5-14/h8-11,17-19,21H,2-6,14,16H2,1H3/t8-,9-,10+,11+,13+/m0/s1. The highest BCUT2D eigenvalue weighted by molar-refractivity contribution is 5.75. The summed E-state index contributed by atoms with van der Waals surface area (Å²) in [4.78, 5) is 11.8. The lowest BCUT2D eigenvalue weighted by atomic mass is 9.89. The largest absolute Gasteiger partial charge is 0.457 e. The van der Waals surface area contributed by atoms with Crippen LogP contribution in [0.25, 0.3) is 0 Å². The molecule has 0 rings (SSSR count). The number of aliphatic hydroxyl groups excluding tert-OH is 3. The van der Waals surface area contributed by atoms with E-state index < -0.39 is 42.5 Å². The normalized spacial score (nSPS) is 19.4. The molecule has 0 spiro atoms. The second-order valence-corrected chi connectivity index (χ2v) is 5.10. The third-order valence-electron chi connectivity index (χ3n) is 3.37. The molecule has 0 radical (unpaired) electrons. The lowest BCUT2D eigenvalue weighted by molar-refractivity contribution is -0.180. The highest BCUT2D eigenvalue weighted by Crippen LogP contribution is 2.21. The van der Waals surface area contributed by atoms with Crippen molar-refractivity contribution < 1.29 is 30.0 Å². The number of nitrogens with two attached hydrogens (primary N) is 2. The number of nitrogens with zero attached hydrogens (tertiary/aromatic N) is 1. The van der Waals surface area contributed by atoms with Gasteiger partial charge >= 0.3 is 5.97 Å². The summed E-state index contributed by atoms with van der Waals surface area (Å²) in [6.45, 7) is 0.781. The summed E-state index contributed by atoms with van der Waals surface area (Å²) >= 11 is 0. The maximum Gasteiger partial charge on any atom is 0.323 e. The van der Waals surface area contributed by atoms with Gasteiger partial charge in [0.15, 0.2) is 0 Å². The molecular formula is C13H25N3O6. The van der Waals surface area contributed by atoms with Crippen molar-refractivity contribution >= 4 is 5.97 Å². The first kappa shape index (κ1) is 20.7. The van der Waals surface area contributed by atoms with Crippen molar-refractivity contribution in [2.75, 3.05) is 13.2 Å². The fourth-order valence-electron chi connectivity index (χ4n) is 1.77. The minimum Gasteiger partial charge on any atom is -0.457 e. The van der Waals surface area contributed by atoms with Gasteiger partial charge in [0, 0.05) is 0 Å². The molecule has 0 aliphatic carbocycles. The zero-order valence-corrected chi connectivity index (χ0v) is 12.6. The van der Waals surface area contributed by atoms with Crippen LogP contribution in [-0.2, 0) is 9.53 Å². The third-order valence-corrected chi connectivity index (χ3v) is 3.37. The quantitative estimate of drug-likeness (QED) is 0.142. The molecule has 0 aliphatic heterocycles. The molecule has 0 aromatic rings. The molecule has 0 aromatic heterocycles. The summed E-state index contributed by atoms with van der Waals surface area (Å²) in [7, 11) is 0. The van der Waals surface area contributed by atoms with Crippen LogP contribution in [0.4, 0.5) is 0 Å². The fourth-order valence-corrected chi connectivity index (χ4v) is 1.77. The summed E-state index contributed by atoms with van der Waals surface area (Å²) in [5.74, 6) is -0.844. The average molecular weight is 319 g/mol. The Morgan fingerprint density at radius 2 is 2.00 bits per heavy atom. The molecule has 0 saturated heterocycles. The molecular weight excluding hydrogens is 294 g/mol. The number of esters is 1. The number of ether oxygens (including phenoxy) is 1. The van der Waals surface area contributed by atoms with Crippen LogP contribution in [-0.4, -0.2) is 69.5 Å². The van der Waals surface area contributed by atoms with Gasteiger partial charge in [0.05, 0.1) is 6.61 Å². The van der Waals surface area contributed by atoms with Crippen LogP contribution in [0.3, 0.4) is 0 Å². The number of aliphatic hydroxyl groups is 4. The zero-order valence-electron chi connectivity index (χ0n) is 12.6. The SMILES string of the molecule is C[C@H](OC(=O)[C@@H](N)CCCCN)[C@](O)(C#N)[C@H](O)[C@H](O)CO. The summed E-state index contributed by atoms with van der Waals surface area (Å²) in [6.07, 6.45) is -3.59. The van der Waals surface area contributed by atoms with Crippen molar-refractivity contribution in [1.29, 1.82) is 5.26 Å². The van der Waals surface area contributed by atoms with Crippen LogP contribution in [0.2, 0.25) is 0 Å². The Labute approximate surface area is 129 Å². The van der Waals surface area contributed by atoms with Gasteiger partial charge in [-0.2, -0.15) is 5.26 Å². The van der Waals surface area contributed by atoms with E-state index in [2.05, 4.69) is 0 Å². The molecule has 0 fully saturated rings. The van der Waals surface area contributed by atoms with Gasteiger partial charge in [0.2, 0.25) is 5.60 Å². The van der Waals surface area contributed by atoms with Gasteiger partial charge in [0.25, 0.3) is 0 Å². The number of carbonyl (C=O) groups is 1. The van der Waals surface area contributed by atoms with E-state index in [1.807, 2.05) is 0 Å². The van der Waals surface area contributed by atoms with E-state index in [-0.39, 0.29) is 0 Å². The minimum absolute atomic E-state index is 0.329. The van der Waals surface area contributed by atoms with Crippen LogP contribution < -0.4 is 11.5 Å². The van der Waals surface area contributed by atoms with E-state index in [0.717, 1.165) is 0 Å². The number of hydrogen-bond acceptors (Lipinski definition) is 9. The number of carbonyl (C=O) groups excluding carboxylic acids is 1. The molecule has 0 aliphatic rings. The molecule has 0 saturated carbocycles. The average Bonchev–Trinajstić information content (AvgIpc) is 2.52. The Morgan fingerprint density at radius 3 is 2.45 bits per heavy atom. The van der Waals surface area contributed by atoms with E-state index in [4.69, 9.17) is 26.6 Å². The van der Waals surface area contributed by atoms with Gasteiger partial charge in [-0.15, -0.1) is 0 Å². The molecule has 22 heavy (non-hydrogen) atoms. The molecule has 9 heteroatoms. The Morgan fingerprint density at radius 1 is 1.41 bits per heavy atom. The van der Waals surface area contributed by atoms with Crippen molar-refractivity contribution in [3.8, 4) is 6.07 Å². The van der Waals surface area contributed by atoms with Crippen LogP contribution in [0.1, 0.15) is 26.2 Å². The topological polar surface area (TPSA) is 183 Å². The number of hydrogen-bond donors (Lipinski definition) is 6. The summed E-state index contributed by atoms with van der Waals surface area (Å²) in [5, 5.41) is 46.9. The van der Waals surface area contributed by atoms with Gasteiger partial charge in [-0.05, 0) is 26.3 Å². The minimum atomic E-state index is -2.57. The molecule has 5 atom stereocenters. The maximum atomic E-state index is 11.8. The Balaban J connectivity index is 4.75. The summed E-state index contributed by atoms with van der Waals surface area (Å²) in [6, 6.07) is 0.442. The molecule has 8 N–H and O–H groups in total. The van der Waals surface area contributed by atoms with E-state index >= 15 is 0 Å². The molecule has 0 amide bonds. The maximum absolute atomic E-state index is 11.8. The first-order valence-electron chi connectivity index (χ1n) is 7.01. The van der Waals surface area contributed by atoms with Crippen LogP contribution in [0, 0.1) is 11.3 Å².